The van der Waals surface area contributed by atoms with Crippen molar-refractivity contribution in [2.45, 2.75) is 32.3 Å². The maximum absolute atomic E-state index is 12.6. The summed E-state index contributed by atoms with van der Waals surface area (Å²) in [5.41, 5.74) is 4.29. The molecule has 27 heavy (non-hydrogen) atoms. The van der Waals surface area contributed by atoms with Crippen molar-refractivity contribution in [2.24, 2.45) is 17.8 Å². The van der Waals surface area contributed by atoms with Crippen LogP contribution in [-0.2, 0) is 11.2 Å². The fourth-order valence-electron chi connectivity index (χ4n) is 4.71. The molecule has 1 aromatic carbocycles. The maximum atomic E-state index is 12.6. The Morgan fingerprint density at radius 2 is 2.15 bits per heavy atom. The van der Waals surface area contributed by atoms with E-state index in [1.54, 1.807) is 0 Å². The summed E-state index contributed by atoms with van der Waals surface area (Å²) >= 11 is 0. The number of hydrogen-bond donors (Lipinski definition) is 1. The van der Waals surface area contributed by atoms with Gasteiger partial charge in [-0.1, -0.05) is 30.4 Å². The second-order valence-electron chi connectivity index (χ2n) is 8.09. The van der Waals surface area contributed by atoms with Crippen LogP contribution in [0.15, 0.2) is 48.7 Å². The molecule has 2 aliphatic carbocycles. The average Bonchev–Trinajstić information content (AvgIpc) is 3.41. The minimum absolute atomic E-state index is 0.00955. The first-order valence-corrected chi connectivity index (χ1v) is 9.85. The molecule has 2 heterocycles. The Hall–Kier alpha value is -2.62. The Morgan fingerprint density at radius 3 is 2.89 bits per heavy atom. The van der Waals surface area contributed by atoms with Gasteiger partial charge in [0.1, 0.15) is 11.9 Å². The zero-order valence-electron chi connectivity index (χ0n) is 15.5. The molecule has 1 aromatic heterocycles. The maximum Gasteiger partial charge on any atom is 0.223 e. The largest absolute Gasteiger partial charge is 0.487 e. The molecular formula is C23H24N2O2. The molecule has 0 radical (unpaired) electrons. The first kappa shape index (κ1) is 16.5. The summed E-state index contributed by atoms with van der Waals surface area (Å²) in [5.74, 6) is 2.30. The van der Waals surface area contributed by atoms with Gasteiger partial charge in [0, 0.05) is 24.1 Å². The van der Waals surface area contributed by atoms with Gasteiger partial charge in [-0.3, -0.25) is 9.78 Å². The summed E-state index contributed by atoms with van der Waals surface area (Å²) in [7, 11) is 0. The van der Waals surface area contributed by atoms with Crippen LogP contribution in [0.25, 0.3) is 11.3 Å². The van der Waals surface area contributed by atoms with Crippen LogP contribution in [0.4, 0.5) is 0 Å². The number of aryl methyl sites for hydroxylation is 1. The van der Waals surface area contributed by atoms with Crippen LogP contribution in [0.1, 0.15) is 24.0 Å². The molecule has 2 bridgehead atoms. The van der Waals surface area contributed by atoms with Crippen LogP contribution in [0.2, 0.25) is 0 Å². The number of hydrogen-bond acceptors (Lipinski definition) is 3. The molecule has 1 N–H and O–H groups in total. The molecular weight excluding hydrogens is 336 g/mol. The highest BCUT2D eigenvalue weighted by atomic mass is 16.5. The summed E-state index contributed by atoms with van der Waals surface area (Å²) < 4.78 is 6.23. The number of fused-ring (bicyclic) bond motifs is 3. The Bertz CT molecular complexity index is 903. The minimum Gasteiger partial charge on any atom is -0.487 e. The number of carbonyl (C=O) groups excluding carboxylic acids is 1. The molecule has 3 aliphatic rings. The van der Waals surface area contributed by atoms with Gasteiger partial charge >= 0.3 is 0 Å². The van der Waals surface area contributed by atoms with Crippen molar-refractivity contribution in [2.75, 3.05) is 6.54 Å². The van der Waals surface area contributed by atoms with Gasteiger partial charge in [-0.05, 0) is 54.9 Å². The second kappa shape index (κ2) is 6.52. The number of para-hydroxylation sites is 1. The molecule has 4 heteroatoms. The number of nitrogens with one attached hydrogen (secondary N) is 1. The van der Waals surface area contributed by atoms with Crippen LogP contribution >= 0.6 is 0 Å². The molecule has 1 amide bonds. The highest BCUT2D eigenvalue weighted by Gasteiger charge is 2.40. The van der Waals surface area contributed by atoms with Crippen molar-refractivity contribution in [3.8, 4) is 17.0 Å². The minimum atomic E-state index is -0.00955. The third-order valence-electron chi connectivity index (χ3n) is 6.14. The third-order valence-corrected chi connectivity index (χ3v) is 6.14. The van der Waals surface area contributed by atoms with Gasteiger partial charge in [0.05, 0.1) is 12.2 Å². The lowest BCUT2D eigenvalue weighted by molar-refractivity contribution is -0.126. The topological polar surface area (TPSA) is 51.2 Å². The summed E-state index contributed by atoms with van der Waals surface area (Å²) in [6.07, 6.45) is 9.34. The van der Waals surface area contributed by atoms with E-state index in [2.05, 4.69) is 46.7 Å². The SMILES string of the molecule is Cc1ccc(-c2cccc3c2O[C@H](CNC(=O)[C@H]2C[C@@H]4C=C[C@H]2C4)C3)nc1. The van der Waals surface area contributed by atoms with Gasteiger partial charge in [-0.15, -0.1) is 0 Å². The van der Waals surface area contributed by atoms with Crippen molar-refractivity contribution in [1.82, 2.24) is 10.3 Å². The molecule has 0 spiro atoms. The van der Waals surface area contributed by atoms with Crippen LogP contribution in [0.3, 0.4) is 0 Å². The van der Waals surface area contributed by atoms with E-state index in [1.807, 2.05) is 19.2 Å². The van der Waals surface area contributed by atoms with Gasteiger partial charge in [0.15, 0.2) is 0 Å². The lowest BCUT2D eigenvalue weighted by atomic mass is 9.93. The molecule has 0 unspecified atom stereocenters. The van der Waals surface area contributed by atoms with E-state index >= 15 is 0 Å². The Labute approximate surface area is 159 Å². The van der Waals surface area contributed by atoms with Gasteiger partial charge in [-0.25, -0.2) is 0 Å². The molecule has 4 nitrogen and oxygen atoms in total. The van der Waals surface area contributed by atoms with Gasteiger partial charge in [0.25, 0.3) is 0 Å². The summed E-state index contributed by atoms with van der Waals surface area (Å²) in [5, 5.41) is 3.14. The highest BCUT2D eigenvalue weighted by Crippen LogP contribution is 2.43. The van der Waals surface area contributed by atoms with E-state index in [9.17, 15) is 4.79 Å². The average molecular weight is 360 g/mol. The van der Waals surface area contributed by atoms with Crippen LogP contribution in [-0.4, -0.2) is 23.5 Å². The van der Waals surface area contributed by atoms with Crippen molar-refractivity contribution in [3.05, 3.63) is 59.8 Å². The van der Waals surface area contributed by atoms with Crippen molar-refractivity contribution < 1.29 is 9.53 Å². The van der Waals surface area contributed by atoms with Gasteiger partial charge in [-0.2, -0.15) is 0 Å². The van der Waals surface area contributed by atoms with Crippen molar-refractivity contribution in [1.29, 1.82) is 0 Å². The first-order valence-electron chi connectivity index (χ1n) is 9.85. The monoisotopic (exact) mass is 360 g/mol. The van der Waals surface area contributed by atoms with Crippen LogP contribution in [0.5, 0.6) is 5.75 Å². The number of allylic oxidation sites excluding steroid dienone is 2. The predicted octanol–water partition coefficient (Wildman–Crippen LogP) is 3.69. The zero-order chi connectivity index (χ0) is 18.4. The summed E-state index contributed by atoms with van der Waals surface area (Å²) in [6, 6.07) is 10.3. The molecule has 1 aliphatic heterocycles. The van der Waals surface area contributed by atoms with E-state index in [0.717, 1.165) is 41.8 Å². The summed E-state index contributed by atoms with van der Waals surface area (Å²) in [6.45, 7) is 2.60. The molecule has 4 atom stereocenters. The lowest BCUT2D eigenvalue weighted by Crippen LogP contribution is -2.39. The highest BCUT2D eigenvalue weighted by molar-refractivity contribution is 5.80. The number of pyridine rings is 1. The Kier molecular flexibility index (Phi) is 4.00. The number of amides is 1. The van der Waals surface area contributed by atoms with Crippen molar-refractivity contribution in [3.63, 3.8) is 0 Å². The number of aromatic nitrogens is 1. The number of benzene rings is 1. The lowest BCUT2D eigenvalue weighted by Gasteiger charge is -2.19. The Morgan fingerprint density at radius 1 is 1.22 bits per heavy atom. The van der Waals surface area contributed by atoms with Gasteiger partial charge < -0.3 is 10.1 Å². The quantitative estimate of drug-likeness (QED) is 0.846. The Balaban J connectivity index is 1.26. The normalized spacial score (nSPS) is 27.4. The number of rotatable bonds is 4. The van der Waals surface area contributed by atoms with Gasteiger partial charge in [0.2, 0.25) is 5.91 Å². The predicted molar refractivity (Wildman–Crippen MR) is 104 cm³/mol. The molecule has 2 aromatic rings. The van der Waals surface area contributed by atoms with E-state index in [4.69, 9.17) is 4.74 Å². The molecule has 138 valence electrons. The smallest absolute Gasteiger partial charge is 0.223 e. The van der Waals surface area contributed by atoms with E-state index in [0.29, 0.717) is 18.4 Å². The number of carbonyl (C=O) groups is 1. The zero-order valence-corrected chi connectivity index (χ0v) is 15.5. The number of ether oxygens (including phenoxy) is 1. The van der Waals surface area contributed by atoms with Crippen molar-refractivity contribution >= 4 is 5.91 Å². The second-order valence-corrected chi connectivity index (χ2v) is 8.09. The summed E-state index contributed by atoms with van der Waals surface area (Å²) in [4.78, 5) is 17.1. The molecule has 1 saturated carbocycles. The van der Waals surface area contributed by atoms with Crippen LogP contribution in [0, 0.1) is 24.7 Å². The fraction of sp³-hybridized carbons (Fsp3) is 0.391. The van der Waals surface area contributed by atoms with Crippen LogP contribution < -0.4 is 10.1 Å². The number of nitrogens with zero attached hydrogens (tertiary/aromatic N) is 1. The fourth-order valence-corrected chi connectivity index (χ4v) is 4.71. The third kappa shape index (κ3) is 3.03. The molecule has 1 fully saturated rings. The van der Waals surface area contributed by atoms with E-state index < -0.39 is 0 Å². The molecule has 5 rings (SSSR count). The van der Waals surface area contributed by atoms with E-state index in [1.165, 1.54) is 5.56 Å². The first-order chi connectivity index (χ1) is 13.2. The van der Waals surface area contributed by atoms with E-state index in [-0.39, 0.29) is 17.9 Å². The standard InChI is InChI=1S/C23H24N2O2/c1-14-5-8-21(24-12-14)19-4-2-3-17-11-18(27-22(17)19)13-25-23(26)20-10-15-6-7-16(20)9-15/h2-8,12,15-16,18,20H,9-11,13H2,1H3,(H,25,26)/t15-,16+,18+,20+/m1/s1. The molecule has 0 saturated heterocycles.